The molecule has 1 aliphatic rings. The van der Waals surface area contributed by atoms with Gasteiger partial charge < -0.3 is 15.2 Å². The summed E-state index contributed by atoms with van der Waals surface area (Å²) < 4.78 is 10.8. The third-order valence-corrected chi connectivity index (χ3v) is 3.22. The lowest BCUT2D eigenvalue weighted by Crippen LogP contribution is -2.14. The summed E-state index contributed by atoms with van der Waals surface area (Å²) in [5.74, 6) is 0.972. The van der Waals surface area contributed by atoms with Crippen LogP contribution in [0.2, 0.25) is 5.02 Å². The minimum Gasteiger partial charge on any atom is -0.493 e. The fourth-order valence-electron chi connectivity index (χ4n) is 1.98. The number of fused-ring (bicyclic) bond motifs is 1. The van der Waals surface area contributed by atoms with Crippen LogP contribution in [0.5, 0.6) is 11.5 Å². The topological polar surface area (TPSA) is 61.5 Å². The van der Waals surface area contributed by atoms with Crippen molar-refractivity contribution < 1.29 is 14.3 Å². The first-order chi connectivity index (χ1) is 8.08. The fraction of sp³-hybridized carbons (Fsp3) is 0.417. The molecule has 0 amide bonds. The number of benzene rings is 1. The van der Waals surface area contributed by atoms with E-state index in [0.717, 1.165) is 5.56 Å². The van der Waals surface area contributed by atoms with Crippen LogP contribution >= 0.6 is 11.6 Å². The SMILES string of the molecule is COc1cc(C(=O)CN)c(Cl)c2c1OC(C)C2. The summed E-state index contributed by atoms with van der Waals surface area (Å²) in [5.41, 5.74) is 6.59. The highest BCUT2D eigenvalue weighted by Gasteiger charge is 2.29. The first-order valence-electron chi connectivity index (χ1n) is 5.37. The molecule has 5 heteroatoms. The Morgan fingerprint density at radius 1 is 1.71 bits per heavy atom. The van der Waals surface area contributed by atoms with E-state index in [2.05, 4.69) is 0 Å². The normalized spacial score (nSPS) is 17.5. The minimum atomic E-state index is -0.198. The van der Waals surface area contributed by atoms with Crippen LogP contribution in [0.15, 0.2) is 6.07 Å². The van der Waals surface area contributed by atoms with Gasteiger partial charge in [-0.25, -0.2) is 0 Å². The molecule has 92 valence electrons. The number of carbonyl (C=O) groups excluding carboxylic acids is 1. The van der Waals surface area contributed by atoms with E-state index < -0.39 is 0 Å². The van der Waals surface area contributed by atoms with Crippen molar-refractivity contribution in [2.24, 2.45) is 5.73 Å². The van der Waals surface area contributed by atoms with Crippen LogP contribution in [0, 0.1) is 0 Å². The molecule has 0 bridgehead atoms. The lowest BCUT2D eigenvalue weighted by Gasteiger charge is -2.11. The number of halogens is 1. The van der Waals surface area contributed by atoms with E-state index in [-0.39, 0.29) is 18.4 Å². The quantitative estimate of drug-likeness (QED) is 0.837. The predicted octanol–water partition coefficient (Wildman–Crippen LogP) is 1.81. The molecular formula is C12H14ClNO3. The van der Waals surface area contributed by atoms with E-state index in [1.807, 2.05) is 6.92 Å². The Morgan fingerprint density at radius 3 is 3.00 bits per heavy atom. The molecule has 0 spiro atoms. The van der Waals surface area contributed by atoms with E-state index in [1.165, 1.54) is 7.11 Å². The van der Waals surface area contributed by atoms with Crippen molar-refractivity contribution in [1.29, 1.82) is 0 Å². The van der Waals surface area contributed by atoms with Crippen LogP contribution < -0.4 is 15.2 Å². The summed E-state index contributed by atoms with van der Waals surface area (Å²) in [7, 11) is 1.53. The van der Waals surface area contributed by atoms with E-state index >= 15 is 0 Å². The lowest BCUT2D eigenvalue weighted by atomic mass is 10.0. The van der Waals surface area contributed by atoms with E-state index in [0.29, 0.717) is 28.5 Å². The standard InChI is InChI=1S/C12H14ClNO3/c1-6-3-8-11(13)7(9(15)5-14)4-10(16-2)12(8)17-6/h4,6H,3,5,14H2,1-2H3. The van der Waals surface area contributed by atoms with Crippen LogP contribution in [-0.4, -0.2) is 25.5 Å². The van der Waals surface area contributed by atoms with Gasteiger partial charge in [-0.15, -0.1) is 0 Å². The second-order valence-corrected chi connectivity index (χ2v) is 4.39. The number of hydrogen-bond donors (Lipinski definition) is 1. The third kappa shape index (κ3) is 1.98. The van der Waals surface area contributed by atoms with Crippen molar-refractivity contribution in [2.45, 2.75) is 19.4 Å². The van der Waals surface area contributed by atoms with E-state index in [9.17, 15) is 4.79 Å². The number of ketones is 1. The molecule has 0 radical (unpaired) electrons. The van der Waals surface area contributed by atoms with Crippen LogP contribution in [0.25, 0.3) is 0 Å². The molecule has 1 aromatic rings. The average Bonchev–Trinajstić information content (AvgIpc) is 2.71. The summed E-state index contributed by atoms with van der Waals surface area (Å²) in [6.45, 7) is 1.87. The Morgan fingerprint density at radius 2 is 2.41 bits per heavy atom. The molecule has 1 atom stereocenters. The maximum atomic E-state index is 11.7. The van der Waals surface area contributed by atoms with Gasteiger partial charge >= 0.3 is 0 Å². The molecule has 0 fully saturated rings. The molecule has 17 heavy (non-hydrogen) atoms. The number of carbonyl (C=O) groups is 1. The van der Waals surface area contributed by atoms with Crippen LogP contribution in [-0.2, 0) is 6.42 Å². The molecule has 1 heterocycles. The van der Waals surface area contributed by atoms with Gasteiger partial charge in [-0.05, 0) is 13.0 Å². The van der Waals surface area contributed by atoms with Gasteiger partial charge in [-0.1, -0.05) is 11.6 Å². The van der Waals surface area contributed by atoms with Gasteiger partial charge in [0.15, 0.2) is 17.3 Å². The summed E-state index contributed by atoms with van der Waals surface area (Å²) >= 11 is 6.21. The highest BCUT2D eigenvalue weighted by Crippen LogP contribution is 2.43. The largest absolute Gasteiger partial charge is 0.493 e. The van der Waals surface area contributed by atoms with Crippen molar-refractivity contribution in [2.75, 3.05) is 13.7 Å². The number of Topliss-reactive ketones (excluding diaryl/α,β-unsaturated/α-hetero) is 1. The maximum absolute atomic E-state index is 11.7. The first kappa shape index (κ1) is 12.2. The molecule has 0 saturated carbocycles. The zero-order chi connectivity index (χ0) is 12.6. The highest BCUT2D eigenvalue weighted by molar-refractivity contribution is 6.35. The number of hydrogen-bond acceptors (Lipinski definition) is 4. The van der Waals surface area contributed by atoms with Gasteiger partial charge in [0.05, 0.1) is 18.7 Å². The molecular weight excluding hydrogens is 242 g/mol. The monoisotopic (exact) mass is 255 g/mol. The second-order valence-electron chi connectivity index (χ2n) is 4.01. The number of methoxy groups -OCH3 is 1. The summed E-state index contributed by atoms with van der Waals surface area (Å²) in [6, 6.07) is 1.59. The van der Waals surface area contributed by atoms with Crippen molar-refractivity contribution in [3.8, 4) is 11.5 Å². The van der Waals surface area contributed by atoms with Crippen molar-refractivity contribution in [3.63, 3.8) is 0 Å². The second kappa shape index (κ2) is 4.55. The average molecular weight is 256 g/mol. The maximum Gasteiger partial charge on any atom is 0.178 e. The van der Waals surface area contributed by atoms with Crippen LogP contribution in [0.3, 0.4) is 0 Å². The van der Waals surface area contributed by atoms with Crippen molar-refractivity contribution in [1.82, 2.24) is 0 Å². The van der Waals surface area contributed by atoms with Gasteiger partial charge in [0.25, 0.3) is 0 Å². The Bertz CT molecular complexity index is 473. The van der Waals surface area contributed by atoms with Gasteiger partial charge in [0.2, 0.25) is 0 Å². The van der Waals surface area contributed by atoms with Crippen LogP contribution in [0.1, 0.15) is 22.8 Å². The van der Waals surface area contributed by atoms with Gasteiger partial charge in [0, 0.05) is 17.5 Å². The lowest BCUT2D eigenvalue weighted by molar-refractivity contribution is 0.100. The number of nitrogens with two attached hydrogens (primary N) is 1. The smallest absolute Gasteiger partial charge is 0.178 e. The zero-order valence-electron chi connectivity index (χ0n) is 9.75. The Kier molecular flexibility index (Phi) is 3.26. The summed E-state index contributed by atoms with van der Waals surface area (Å²) in [4.78, 5) is 11.7. The molecule has 2 rings (SSSR count). The zero-order valence-corrected chi connectivity index (χ0v) is 10.5. The Hall–Kier alpha value is -1.26. The molecule has 4 nitrogen and oxygen atoms in total. The van der Waals surface area contributed by atoms with Crippen LogP contribution in [0.4, 0.5) is 0 Å². The van der Waals surface area contributed by atoms with Gasteiger partial charge in [0.1, 0.15) is 6.10 Å². The fourth-order valence-corrected chi connectivity index (χ4v) is 2.30. The predicted molar refractivity (Wildman–Crippen MR) is 65.2 cm³/mol. The third-order valence-electron chi connectivity index (χ3n) is 2.79. The molecule has 2 N–H and O–H groups in total. The van der Waals surface area contributed by atoms with Crippen molar-refractivity contribution in [3.05, 3.63) is 22.2 Å². The molecule has 1 aromatic carbocycles. The molecule has 0 aromatic heterocycles. The van der Waals surface area contributed by atoms with Crippen molar-refractivity contribution >= 4 is 17.4 Å². The minimum absolute atomic E-state index is 0.0413. The Balaban J connectivity index is 2.59. The van der Waals surface area contributed by atoms with Gasteiger partial charge in [-0.2, -0.15) is 0 Å². The molecule has 1 aliphatic heterocycles. The van der Waals surface area contributed by atoms with E-state index in [1.54, 1.807) is 6.07 Å². The molecule has 0 saturated heterocycles. The first-order valence-corrected chi connectivity index (χ1v) is 5.75. The number of rotatable bonds is 3. The van der Waals surface area contributed by atoms with Gasteiger partial charge in [-0.3, -0.25) is 4.79 Å². The van der Waals surface area contributed by atoms with E-state index in [4.69, 9.17) is 26.8 Å². The molecule has 1 unspecified atom stereocenters. The molecule has 0 aliphatic carbocycles. The Labute approximate surface area is 105 Å². The summed E-state index contributed by atoms with van der Waals surface area (Å²) in [6.07, 6.45) is 0.718. The number of ether oxygens (including phenoxy) is 2. The summed E-state index contributed by atoms with van der Waals surface area (Å²) in [5, 5.41) is 0.431. The highest BCUT2D eigenvalue weighted by atomic mass is 35.5.